The number of nitrogen functional groups attached to an aromatic ring is 1. The second-order valence-electron chi connectivity index (χ2n) is 4.30. The first kappa shape index (κ1) is 16.2. The van der Waals surface area contributed by atoms with E-state index in [9.17, 15) is 4.79 Å². The smallest absolute Gasteiger partial charge is 0.267 e. The zero-order chi connectivity index (χ0) is 15.0. The van der Waals surface area contributed by atoms with Gasteiger partial charge in [0.15, 0.2) is 5.82 Å². The third-order valence-electron chi connectivity index (χ3n) is 2.80. The molecule has 0 aromatic carbocycles. The van der Waals surface area contributed by atoms with Crippen molar-refractivity contribution < 1.29 is 14.3 Å². The summed E-state index contributed by atoms with van der Waals surface area (Å²) < 4.78 is 10.1. The van der Waals surface area contributed by atoms with Gasteiger partial charge >= 0.3 is 0 Å². The highest BCUT2D eigenvalue weighted by atomic mass is 16.5. The second-order valence-corrected chi connectivity index (χ2v) is 4.30. The van der Waals surface area contributed by atoms with Crippen LogP contribution < -0.4 is 16.4 Å². The number of amides is 1. The van der Waals surface area contributed by atoms with E-state index >= 15 is 0 Å². The van der Waals surface area contributed by atoms with Crippen molar-refractivity contribution in [3.05, 3.63) is 17.8 Å². The van der Waals surface area contributed by atoms with Crippen LogP contribution in [0.1, 0.15) is 16.9 Å². The number of anilines is 2. The van der Waals surface area contributed by atoms with Crippen molar-refractivity contribution >= 4 is 17.4 Å². The average Bonchev–Trinajstić information content (AvgIpc) is 2.43. The Kier molecular flexibility index (Phi) is 6.75. The van der Waals surface area contributed by atoms with Crippen LogP contribution in [0.25, 0.3) is 0 Å². The highest BCUT2D eigenvalue weighted by Crippen LogP contribution is 2.21. The van der Waals surface area contributed by atoms with Gasteiger partial charge in [0.2, 0.25) is 0 Å². The molecule has 0 spiro atoms. The molecule has 0 aliphatic rings. The molecule has 0 saturated heterocycles. The van der Waals surface area contributed by atoms with Gasteiger partial charge in [0, 0.05) is 33.9 Å². The minimum Gasteiger partial charge on any atom is -0.396 e. The fourth-order valence-corrected chi connectivity index (χ4v) is 1.77. The van der Waals surface area contributed by atoms with E-state index in [0.717, 1.165) is 6.42 Å². The molecule has 112 valence electrons. The Morgan fingerprint density at radius 2 is 1.95 bits per heavy atom. The molecule has 1 heterocycles. The monoisotopic (exact) mass is 282 g/mol. The molecule has 0 fully saturated rings. The molecule has 0 aliphatic heterocycles. The summed E-state index contributed by atoms with van der Waals surface area (Å²) in [5.41, 5.74) is 11.9. The third kappa shape index (κ3) is 4.67. The molecule has 0 unspecified atom stereocenters. The van der Waals surface area contributed by atoms with E-state index in [2.05, 4.69) is 4.98 Å². The first-order chi connectivity index (χ1) is 9.60. The van der Waals surface area contributed by atoms with E-state index in [-0.39, 0.29) is 5.69 Å². The number of nitrogens with zero attached hydrogens (tertiary/aromatic N) is 2. The van der Waals surface area contributed by atoms with Crippen molar-refractivity contribution in [3.8, 4) is 0 Å². The minimum atomic E-state index is -0.574. The predicted molar refractivity (Wildman–Crippen MR) is 77.7 cm³/mol. The van der Waals surface area contributed by atoms with Gasteiger partial charge in [-0.3, -0.25) is 4.79 Å². The number of pyridine rings is 1. The Bertz CT molecular complexity index is 440. The van der Waals surface area contributed by atoms with Crippen molar-refractivity contribution in [2.45, 2.75) is 6.42 Å². The molecule has 7 heteroatoms. The number of nitrogens with two attached hydrogens (primary N) is 2. The van der Waals surface area contributed by atoms with Gasteiger partial charge in [-0.25, -0.2) is 4.98 Å². The van der Waals surface area contributed by atoms with E-state index in [0.29, 0.717) is 37.8 Å². The number of carbonyl (C=O) groups excluding carboxylic acids is 1. The van der Waals surface area contributed by atoms with E-state index in [1.807, 2.05) is 4.90 Å². The lowest BCUT2D eigenvalue weighted by Gasteiger charge is -2.25. The third-order valence-corrected chi connectivity index (χ3v) is 2.80. The molecule has 0 atom stereocenters. The molecule has 4 N–H and O–H groups in total. The normalized spacial score (nSPS) is 10.5. The van der Waals surface area contributed by atoms with Crippen LogP contribution in [-0.2, 0) is 9.47 Å². The van der Waals surface area contributed by atoms with Crippen LogP contribution in [-0.4, -0.2) is 51.4 Å². The quantitative estimate of drug-likeness (QED) is 0.629. The summed E-state index contributed by atoms with van der Waals surface area (Å²) in [6, 6.07) is 3.16. The molecule has 0 saturated carbocycles. The number of aromatic nitrogens is 1. The molecule has 0 aliphatic carbocycles. The summed E-state index contributed by atoms with van der Waals surface area (Å²) in [6.07, 6.45) is 0.822. The molecule has 0 bridgehead atoms. The van der Waals surface area contributed by atoms with Gasteiger partial charge in [-0.1, -0.05) is 0 Å². The number of primary amides is 1. The van der Waals surface area contributed by atoms with Gasteiger partial charge in [-0.2, -0.15) is 0 Å². The first-order valence-corrected chi connectivity index (χ1v) is 6.39. The predicted octanol–water partition coefficient (Wildman–Crippen LogP) is 0.252. The number of hydrogen-bond acceptors (Lipinski definition) is 6. The molecule has 0 radical (unpaired) electrons. The molecule has 1 amide bonds. The summed E-state index contributed by atoms with van der Waals surface area (Å²) in [6.45, 7) is 2.50. The standard InChI is InChI=1S/C13H22N4O3/c1-19-8-3-6-17(7-9-20-2)13-10(14)4-5-11(16-13)12(15)18/h4-5H,3,6-9,14H2,1-2H3,(H2,15,18). The van der Waals surface area contributed by atoms with Gasteiger partial charge in [0.25, 0.3) is 5.91 Å². The summed E-state index contributed by atoms with van der Waals surface area (Å²) in [7, 11) is 3.28. The van der Waals surface area contributed by atoms with Crippen molar-refractivity contribution in [3.63, 3.8) is 0 Å². The number of ether oxygens (including phenoxy) is 2. The number of rotatable bonds is 9. The molecule has 1 aromatic heterocycles. The molecular formula is C13H22N4O3. The fourth-order valence-electron chi connectivity index (χ4n) is 1.77. The summed E-state index contributed by atoms with van der Waals surface area (Å²) >= 11 is 0. The second kappa shape index (κ2) is 8.34. The Morgan fingerprint density at radius 1 is 1.25 bits per heavy atom. The lowest BCUT2D eigenvalue weighted by molar-refractivity contribution is 0.0995. The van der Waals surface area contributed by atoms with Gasteiger partial charge in [0.05, 0.1) is 12.3 Å². The zero-order valence-corrected chi connectivity index (χ0v) is 12.0. The van der Waals surface area contributed by atoms with E-state index < -0.39 is 5.91 Å². The summed E-state index contributed by atoms with van der Waals surface area (Å²) in [4.78, 5) is 17.4. The maximum absolute atomic E-state index is 11.2. The molecule has 1 rings (SSSR count). The van der Waals surface area contributed by atoms with Crippen LogP contribution in [0.5, 0.6) is 0 Å². The average molecular weight is 282 g/mol. The van der Waals surface area contributed by atoms with Crippen LogP contribution in [0.3, 0.4) is 0 Å². The lowest BCUT2D eigenvalue weighted by atomic mass is 10.2. The highest BCUT2D eigenvalue weighted by molar-refractivity contribution is 5.91. The van der Waals surface area contributed by atoms with Gasteiger partial charge in [-0.05, 0) is 18.6 Å². The zero-order valence-electron chi connectivity index (χ0n) is 12.0. The first-order valence-electron chi connectivity index (χ1n) is 6.39. The largest absolute Gasteiger partial charge is 0.396 e. The fraction of sp³-hybridized carbons (Fsp3) is 0.538. The van der Waals surface area contributed by atoms with Crippen LogP contribution in [0.2, 0.25) is 0 Å². The Morgan fingerprint density at radius 3 is 2.55 bits per heavy atom. The Labute approximate surface area is 118 Å². The van der Waals surface area contributed by atoms with E-state index in [4.69, 9.17) is 20.9 Å². The van der Waals surface area contributed by atoms with Gasteiger partial charge in [-0.15, -0.1) is 0 Å². The van der Waals surface area contributed by atoms with E-state index in [1.165, 1.54) is 6.07 Å². The van der Waals surface area contributed by atoms with Gasteiger partial charge in [0.1, 0.15) is 5.69 Å². The van der Waals surface area contributed by atoms with Crippen LogP contribution in [0.15, 0.2) is 12.1 Å². The van der Waals surface area contributed by atoms with Crippen molar-refractivity contribution in [2.24, 2.45) is 5.73 Å². The molecule has 20 heavy (non-hydrogen) atoms. The number of carbonyl (C=O) groups is 1. The summed E-state index contributed by atoms with van der Waals surface area (Å²) in [5.74, 6) is -0.0238. The Balaban J connectivity index is 2.92. The van der Waals surface area contributed by atoms with Crippen molar-refractivity contribution in [1.82, 2.24) is 4.98 Å². The van der Waals surface area contributed by atoms with Crippen LogP contribution in [0, 0.1) is 0 Å². The molecule has 1 aromatic rings. The van der Waals surface area contributed by atoms with Crippen molar-refractivity contribution in [2.75, 3.05) is 51.2 Å². The topological polar surface area (TPSA) is 104 Å². The Hall–Kier alpha value is -1.86. The van der Waals surface area contributed by atoms with Crippen molar-refractivity contribution in [1.29, 1.82) is 0 Å². The SMILES string of the molecule is COCCCN(CCOC)c1nc(C(N)=O)ccc1N. The van der Waals surface area contributed by atoms with Gasteiger partial charge < -0.3 is 25.8 Å². The lowest BCUT2D eigenvalue weighted by Crippen LogP contribution is -2.31. The maximum Gasteiger partial charge on any atom is 0.267 e. The highest BCUT2D eigenvalue weighted by Gasteiger charge is 2.14. The maximum atomic E-state index is 11.2. The van der Waals surface area contributed by atoms with Crippen LogP contribution >= 0.6 is 0 Å². The number of hydrogen-bond donors (Lipinski definition) is 2. The van der Waals surface area contributed by atoms with Crippen LogP contribution in [0.4, 0.5) is 11.5 Å². The summed E-state index contributed by atoms with van der Waals surface area (Å²) in [5, 5.41) is 0. The minimum absolute atomic E-state index is 0.198. The number of methoxy groups -OCH3 is 2. The molecule has 7 nitrogen and oxygen atoms in total. The molecular weight excluding hydrogens is 260 g/mol. The van der Waals surface area contributed by atoms with E-state index in [1.54, 1.807) is 20.3 Å².